The zero-order valence-electron chi connectivity index (χ0n) is 27.3. The minimum absolute atomic E-state index is 0.509. The van der Waals surface area contributed by atoms with E-state index in [0.29, 0.717) is 23.2 Å². The van der Waals surface area contributed by atoms with E-state index in [1.807, 2.05) is 60.8 Å². The van der Waals surface area contributed by atoms with E-state index in [9.17, 15) is 0 Å². The highest BCUT2D eigenvalue weighted by molar-refractivity contribution is 6.13. The average Bonchev–Trinajstić information content (AvgIpc) is 3.57. The fourth-order valence-electron chi connectivity index (χ4n) is 6.56. The molecular formula is C45H30N4O. The summed E-state index contributed by atoms with van der Waals surface area (Å²) in [5.41, 5.74) is 12.0. The van der Waals surface area contributed by atoms with Crippen molar-refractivity contribution >= 4 is 21.9 Å². The summed E-state index contributed by atoms with van der Waals surface area (Å²) in [5, 5.41) is 2.12. The Balaban J connectivity index is 1.14. The van der Waals surface area contributed by atoms with Crippen LogP contribution in [0.5, 0.6) is 0 Å². The number of nitrogens with zero attached hydrogens (tertiary/aromatic N) is 4. The summed E-state index contributed by atoms with van der Waals surface area (Å²) in [4.78, 5) is 19.6. The first kappa shape index (κ1) is 29.4. The highest BCUT2D eigenvalue weighted by Gasteiger charge is 2.17. The van der Waals surface area contributed by atoms with E-state index in [4.69, 9.17) is 24.4 Å². The van der Waals surface area contributed by atoms with Gasteiger partial charge in [-0.3, -0.25) is 4.98 Å². The summed E-state index contributed by atoms with van der Waals surface area (Å²) < 4.78 is 6.50. The van der Waals surface area contributed by atoms with Gasteiger partial charge in [0.05, 0.1) is 0 Å². The molecule has 0 bridgehead atoms. The van der Waals surface area contributed by atoms with Crippen molar-refractivity contribution < 1.29 is 4.42 Å². The van der Waals surface area contributed by atoms with Crippen LogP contribution in [-0.4, -0.2) is 19.9 Å². The first-order valence-corrected chi connectivity index (χ1v) is 16.6. The number of benzene rings is 6. The van der Waals surface area contributed by atoms with E-state index >= 15 is 0 Å². The molecule has 0 N–H and O–H groups in total. The normalized spacial score (nSPS) is 11.3. The molecule has 0 aliphatic carbocycles. The molecule has 0 radical (unpaired) electrons. The van der Waals surface area contributed by atoms with Gasteiger partial charge in [0, 0.05) is 33.7 Å². The van der Waals surface area contributed by atoms with Crippen molar-refractivity contribution in [2.75, 3.05) is 0 Å². The fraction of sp³-hybridized carbons (Fsp3) is 0.0222. The monoisotopic (exact) mass is 642 g/mol. The topological polar surface area (TPSA) is 64.7 Å². The summed E-state index contributed by atoms with van der Waals surface area (Å²) in [5.74, 6) is 1.65. The number of hydrogen-bond acceptors (Lipinski definition) is 5. The van der Waals surface area contributed by atoms with E-state index in [-0.39, 0.29) is 0 Å². The predicted octanol–water partition coefficient (Wildman–Crippen LogP) is 11.5. The molecule has 9 rings (SSSR count). The molecule has 0 aliphatic heterocycles. The van der Waals surface area contributed by atoms with Crippen molar-refractivity contribution in [1.82, 2.24) is 19.9 Å². The van der Waals surface area contributed by atoms with Crippen molar-refractivity contribution in [2.24, 2.45) is 0 Å². The third kappa shape index (κ3) is 5.51. The van der Waals surface area contributed by atoms with Crippen LogP contribution in [0.3, 0.4) is 0 Å². The van der Waals surface area contributed by atoms with Crippen molar-refractivity contribution in [1.29, 1.82) is 0 Å². The number of aryl methyl sites for hydroxylation is 1. The predicted molar refractivity (Wildman–Crippen MR) is 202 cm³/mol. The van der Waals surface area contributed by atoms with Gasteiger partial charge in [0.2, 0.25) is 0 Å². The maximum atomic E-state index is 6.50. The van der Waals surface area contributed by atoms with E-state index < -0.39 is 0 Å². The molecule has 0 aliphatic rings. The lowest BCUT2D eigenvalue weighted by atomic mass is 9.96. The standard InChI is InChI=1S/C45H30N4O/c1-29-11-8-16-32(25-29)36-22-24-39(46-28-36)45-48-43(31-14-6-3-7-15-31)47-44(49-45)35-21-23-38-41(27-35)50-40-20-10-19-37(42(38)40)34-18-9-17-33(26-34)30-12-4-2-5-13-30/h2-28H,1H3. The van der Waals surface area contributed by atoms with Gasteiger partial charge in [-0.05, 0) is 65.1 Å². The number of rotatable bonds is 6. The number of fused-ring (bicyclic) bond motifs is 3. The van der Waals surface area contributed by atoms with E-state index in [2.05, 4.69) is 110 Å². The maximum Gasteiger partial charge on any atom is 0.182 e. The first-order chi connectivity index (χ1) is 24.7. The highest BCUT2D eigenvalue weighted by atomic mass is 16.3. The van der Waals surface area contributed by atoms with E-state index in [1.54, 1.807) is 0 Å². The summed E-state index contributed by atoms with van der Waals surface area (Å²) in [6.45, 7) is 2.09. The Hall–Kier alpha value is -6.72. The van der Waals surface area contributed by atoms with Crippen LogP contribution < -0.4 is 0 Å². The molecule has 9 aromatic rings. The quantitative estimate of drug-likeness (QED) is 0.181. The van der Waals surface area contributed by atoms with Crippen LogP contribution in [0.4, 0.5) is 0 Å². The van der Waals surface area contributed by atoms with Gasteiger partial charge in [-0.15, -0.1) is 0 Å². The van der Waals surface area contributed by atoms with Crippen LogP contribution in [0.25, 0.3) is 89.6 Å². The number of pyridine rings is 1. The van der Waals surface area contributed by atoms with Gasteiger partial charge in [0.1, 0.15) is 16.9 Å². The third-order valence-corrected chi connectivity index (χ3v) is 9.05. The molecule has 0 fully saturated rings. The highest BCUT2D eigenvalue weighted by Crippen LogP contribution is 2.39. The SMILES string of the molecule is Cc1cccc(-c2ccc(-c3nc(-c4ccccc4)nc(-c4ccc5c(c4)oc4cccc(-c6cccc(-c7ccccc7)c6)c45)n3)nc2)c1. The molecule has 3 heterocycles. The van der Waals surface area contributed by atoms with Crippen molar-refractivity contribution in [3.05, 3.63) is 169 Å². The molecular weight excluding hydrogens is 613 g/mol. The summed E-state index contributed by atoms with van der Waals surface area (Å²) >= 11 is 0. The Bertz CT molecular complexity index is 2650. The molecule has 50 heavy (non-hydrogen) atoms. The summed E-state index contributed by atoms with van der Waals surface area (Å²) in [7, 11) is 0. The van der Waals surface area contributed by atoms with Gasteiger partial charge >= 0.3 is 0 Å². The first-order valence-electron chi connectivity index (χ1n) is 16.6. The smallest absolute Gasteiger partial charge is 0.182 e. The Kier molecular flexibility index (Phi) is 7.29. The molecule has 0 saturated carbocycles. The molecule has 0 atom stereocenters. The molecule has 0 saturated heterocycles. The van der Waals surface area contributed by atoms with Gasteiger partial charge in [-0.25, -0.2) is 15.0 Å². The largest absolute Gasteiger partial charge is 0.456 e. The molecule has 5 heteroatoms. The fourth-order valence-corrected chi connectivity index (χ4v) is 6.56. The van der Waals surface area contributed by atoms with Crippen molar-refractivity contribution in [3.63, 3.8) is 0 Å². The molecule has 5 nitrogen and oxygen atoms in total. The van der Waals surface area contributed by atoms with Crippen LogP contribution >= 0.6 is 0 Å². The Morgan fingerprint density at radius 1 is 0.420 bits per heavy atom. The average molecular weight is 643 g/mol. The van der Waals surface area contributed by atoms with E-state index in [1.165, 1.54) is 16.7 Å². The van der Waals surface area contributed by atoms with Crippen LogP contribution in [0.15, 0.2) is 168 Å². The zero-order valence-corrected chi connectivity index (χ0v) is 27.3. The molecule has 0 spiro atoms. The number of furan rings is 1. The Morgan fingerprint density at radius 3 is 1.82 bits per heavy atom. The van der Waals surface area contributed by atoms with Crippen LogP contribution in [0.2, 0.25) is 0 Å². The van der Waals surface area contributed by atoms with Crippen LogP contribution in [0.1, 0.15) is 5.56 Å². The second kappa shape index (κ2) is 12.4. The van der Waals surface area contributed by atoms with Gasteiger partial charge in [-0.1, -0.05) is 133 Å². The number of hydrogen-bond donors (Lipinski definition) is 0. The summed E-state index contributed by atoms with van der Waals surface area (Å²) in [6.07, 6.45) is 1.88. The van der Waals surface area contributed by atoms with Gasteiger partial charge < -0.3 is 4.42 Å². The lowest BCUT2D eigenvalue weighted by molar-refractivity contribution is 0.669. The van der Waals surface area contributed by atoms with Crippen molar-refractivity contribution in [2.45, 2.75) is 6.92 Å². The molecule has 6 aromatic carbocycles. The molecule has 0 unspecified atom stereocenters. The molecule has 3 aromatic heterocycles. The van der Waals surface area contributed by atoms with Gasteiger partial charge in [0.25, 0.3) is 0 Å². The second-order valence-electron chi connectivity index (χ2n) is 12.4. The van der Waals surface area contributed by atoms with Gasteiger partial charge in [-0.2, -0.15) is 0 Å². The zero-order chi connectivity index (χ0) is 33.4. The lowest BCUT2D eigenvalue weighted by Crippen LogP contribution is -2.01. The number of aromatic nitrogens is 4. The lowest BCUT2D eigenvalue weighted by Gasteiger charge is -2.09. The summed E-state index contributed by atoms with van der Waals surface area (Å²) in [6, 6.07) is 54.0. The minimum atomic E-state index is 0.509. The van der Waals surface area contributed by atoms with Crippen LogP contribution in [-0.2, 0) is 0 Å². The Morgan fingerprint density at radius 2 is 1.06 bits per heavy atom. The van der Waals surface area contributed by atoms with Crippen LogP contribution in [0, 0.1) is 6.92 Å². The third-order valence-electron chi connectivity index (χ3n) is 9.05. The molecule has 0 amide bonds. The maximum absolute atomic E-state index is 6.50. The van der Waals surface area contributed by atoms with Gasteiger partial charge in [0.15, 0.2) is 17.5 Å². The van der Waals surface area contributed by atoms with E-state index in [0.717, 1.165) is 55.3 Å². The second-order valence-corrected chi connectivity index (χ2v) is 12.4. The Labute approximate surface area is 289 Å². The molecule has 236 valence electrons. The van der Waals surface area contributed by atoms with Crippen molar-refractivity contribution in [3.8, 4) is 67.7 Å². The minimum Gasteiger partial charge on any atom is -0.456 e.